The van der Waals surface area contributed by atoms with E-state index in [1.807, 2.05) is 45.9 Å². The average molecular weight is 621 g/mol. The van der Waals surface area contributed by atoms with Gasteiger partial charge in [0.05, 0.1) is 30.7 Å². The van der Waals surface area contributed by atoms with Gasteiger partial charge in [-0.3, -0.25) is 9.59 Å². The molecule has 2 bridgehead atoms. The van der Waals surface area contributed by atoms with Crippen molar-refractivity contribution in [2.45, 2.75) is 110 Å². The van der Waals surface area contributed by atoms with Crippen molar-refractivity contribution < 1.29 is 28.6 Å². The van der Waals surface area contributed by atoms with Crippen molar-refractivity contribution in [2.75, 3.05) is 13.7 Å². The molecule has 0 spiro atoms. The summed E-state index contributed by atoms with van der Waals surface area (Å²) in [6, 6.07) is 4.09. The number of ketones is 1. The summed E-state index contributed by atoms with van der Waals surface area (Å²) in [4.78, 5) is 52.4. The first kappa shape index (κ1) is 31.5. The van der Waals surface area contributed by atoms with Crippen molar-refractivity contribution in [1.82, 2.24) is 20.2 Å². The number of fused-ring (bicyclic) bond motifs is 7. The second-order valence-electron chi connectivity index (χ2n) is 14.7. The highest BCUT2D eigenvalue weighted by molar-refractivity contribution is 5.92. The Kier molecular flexibility index (Phi) is 8.69. The molecule has 8 atom stereocenters. The van der Waals surface area contributed by atoms with Crippen LogP contribution in [0.4, 0.5) is 4.79 Å². The van der Waals surface area contributed by atoms with Gasteiger partial charge in [0, 0.05) is 12.0 Å². The predicted octanol–water partition coefficient (Wildman–Crippen LogP) is 5.49. The number of Topliss-reactive ketones (excluding diaryl/α,β-unsaturated/α-hetero) is 1. The van der Waals surface area contributed by atoms with Gasteiger partial charge >= 0.3 is 6.09 Å². The number of carbonyl (C=O) groups is 3. The Hall–Kier alpha value is -3.43. The highest BCUT2D eigenvalue weighted by Crippen LogP contribution is 2.57. The van der Waals surface area contributed by atoms with Crippen molar-refractivity contribution >= 4 is 28.8 Å². The van der Waals surface area contributed by atoms with Crippen LogP contribution < -0.4 is 14.8 Å². The molecule has 2 amide bonds. The number of amides is 2. The number of alkyl carbamates (subject to hydrolysis) is 1. The van der Waals surface area contributed by atoms with Gasteiger partial charge in [-0.1, -0.05) is 40.5 Å². The first-order valence-corrected chi connectivity index (χ1v) is 16.8. The number of ether oxygens (including phenoxy) is 3. The summed E-state index contributed by atoms with van der Waals surface area (Å²) in [6.45, 7) is 9.51. The summed E-state index contributed by atoms with van der Waals surface area (Å²) >= 11 is 0. The largest absolute Gasteiger partial charge is 0.497 e. The smallest absolute Gasteiger partial charge is 0.408 e. The van der Waals surface area contributed by atoms with Crippen LogP contribution in [0.25, 0.3) is 11.0 Å². The van der Waals surface area contributed by atoms with Gasteiger partial charge in [0.25, 0.3) is 0 Å². The maximum Gasteiger partial charge on any atom is 0.408 e. The van der Waals surface area contributed by atoms with Crippen LogP contribution in [0, 0.1) is 29.1 Å². The normalized spacial score (nSPS) is 32.3. The molecule has 1 N–H and O–H groups in total. The maximum absolute atomic E-state index is 14.3. The molecule has 2 saturated carbocycles. The summed E-state index contributed by atoms with van der Waals surface area (Å²) in [6.07, 6.45) is 6.31. The number of aromatic nitrogens is 2. The molecular formula is C35H48N4O6. The number of hydrogen-bond acceptors (Lipinski definition) is 8. The predicted molar refractivity (Wildman–Crippen MR) is 169 cm³/mol. The van der Waals surface area contributed by atoms with Crippen LogP contribution >= 0.6 is 0 Å². The van der Waals surface area contributed by atoms with E-state index in [0.29, 0.717) is 47.7 Å². The topological polar surface area (TPSA) is 120 Å². The lowest BCUT2D eigenvalue weighted by Crippen LogP contribution is -2.57. The number of nitrogens with one attached hydrogen (secondary N) is 1. The molecule has 4 aliphatic rings. The fourth-order valence-electron chi connectivity index (χ4n) is 8.12. The van der Waals surface area contributed by atoms with Gasteiger partial charge < -0.3 is 24.4 Å². The third-order valence-electron chi connectivity index (χ3n) is 10.6. The van der Waals surface area contributed by atoms with Gasteiger partial charge in [0.2, 0.25) is 11.8 Å². The van der Waals surface area contributed by atoms with E-state index < -0.39 is 29.7 Å². The van der Waals surface area contributed by atoms with E-state index in [-0.39, 0.29) is 30.3 Å². The highest BCUT2D eigenvalue weighted by atomic mass is 16.6. The first-order valence-electron chi connectivity index (χ1n) is 16.8. The fraction of sp³-hybridized carbons (Fsp3) is 0.686. The van der Waals surface area contributed by atoms with E-state index in [2.05, 4.69) is 5.32 Å². The van der Waals surface area contributed by atoms with Crippen LogP contribution in [0.5, 0.6) is 11.6 Å². The standard InChI is InChI=1S/C35H48N4O6/c1-7-22-29-18-39(30(22)19(2)40)33(41)31(35(3,4)5)38-34(42)45-28-16-20-15-24(20)23(28)11-9-8-10-12-26-32(44-29)37-27-17-21(43-6)13-14-25(27)36-26/h13-14,17,20,22-24,28-31H,7-12,15-16,18H2,1-6H3,(H,38,42)/t20?,22-,23-,24?,28-,29+,30-,31-/m1/s1. The van der Waals surface area contributed by atoms with Gasteiger partial charge in [-0.05, 0) is 80.8 Å². The molecule has 1 aromatic heterocycles. The van der Waals surface area contributed by atoms with Crippen LogP contribution in [-0.2, 0) is 20.7 Å². The molecular weight excluding hydrogens is 572 g/mol. The highest BCUT2D eigenvalue weighted by Gasteiger charge is 2.55. The van der Waals surface area contributed by atoms with E-state index in [0.717, 1.165) is 43.3 Å². The Morgan fingerprint density at radius 3 is 2.56 bits per heavy atom. The van der Waals surface area contributed by atoms with Gasteiger partial charge in [0.15, 0.2) is 5.78 Å². The molecule has 1 aromatic carbocycles. The molecule has 3 heterocycles. The molecule has 0 radical (unpaired) electrons. The van der Waals surface area contributed by atoms with Gasteiger partial charge in [0.1, 0.15) is 29.7 Å². The summed E-state index contributed by atoms with van der Waals surface area (Å²) in [5.41, 5.74) is 1.61. The van der Waals surface area contributed by atoms with E-state index in [9.17, 15) is 14.4 Å². The number of hydrogen-bond donors (Lipinski definition) is 1. The van der Waals surface area contributed by atoms with E-state index in [4.69, 9.17) is 24.2 Å². The zero-order chi connectivity index (χ0) is 32.0. The Balaban J connectivity index is 1.38. The average Bonchev–Trinajstić information content (AvgIpc) is 3.52. The molecule has 244 valence electrons. The van der Waals surface area contributed by atoms with Crippen LogP contribution in [0.2, 0.25) is 0 Å². The molecule has 3 fully saturated rings. The maximum atomic E-state index is 14.3. The van der Waals surface area contributed by atoms with Crippen molar-refractivity contribution in [3.63, 3.8) is 0 Å². The minimum Gasteiger partial charge on any atom is -0.497 e. The van der Waals surface area contributed by atoms with E-state index >= 15 is 0 Å². The molecule has 2 aliphatic carbocycles. The van der Waals surface area contributed by atoms with Crippen molar-refractivity contribution in [3.05, 3.63) is 23.9 Å². The Morgan fingerprint density at radius 1 is 1.04 bits per heavy atom. The molecule has 6 rings (SSSR count). The lowest BCUT2D eigenvalue weighted by Gasteiger charge is -2.36. The Bertz CT molecular complexity index is 1460. The molecule has 45 heavy (non-hydrogen) atoms. The number of benzene rings is 1. The van der Waals surface area contributed by atoms with Crippen LogP contribution in [-0.4, -0.2) is 70.6 Å². The molecule has 10 nitrogen and oxygen atoms in total. The number of methoxy groups -OCH3 is 1. The van der Waals surface area contributed by atoms with Crippen LogP contribution in [0.15, 0.2) is 18.2 Å². The van der Waals surface area contributed by atoms with Crippen molar-refractivity contribution in [1.29, 1.82) is 0 Å². The monoisotopic (exact) mass is 620 g/mol. The quantitative estimate of drug-likeness (QED) is 0.478. The SMILES string of the molecule is CC[C@@H]1[C@@H]2CN(C(=O)[C@H](C(C)(C)C)NC(=O)O[C@@H]3CC4CC4[C@H]3CCCCCc3nc4ccc(OC)cc4nc3O2)[C@@H]1C(C)=O. The van der Waals surface area contributed by atoms with Crippen LogP contribution in [0.1, 0.15) is 85.3 Å². The third-order valence-corrected chi connectivity index (χ3v) is 10.6. The van der Waals surface area contributed by atoms with Gasteiger partial charge in [-0.2, -0.15) is 0 Å². The Morgan fingerprint density at radius 2 is 1.84 bits per heavy atom. The molecule has 2 unspecified atom stereocenters. The van der Waals surface area contributed by atoms with E-state index in [1.54, 1.807) is 12.0 Å². The summed E-state index contributed by atoms with van der Waals surface area (Å²) in [7, 11) is 1.62. The third kappa shape index (κ3) is 6.34. The summed E-state index contributed by atoms with van der Waals surface area (Å²) in [5.74, 6) is 2.09. The second kappa shape index (κ2) is 12.4. The van der Waals surface area contributed by atoms with Crippen molar-refractivity contribution in [2.24, 2.45) is 29.1 Å². The molecule has 10 heteroatoms. The minimum atomic E-state index is -0.875. The molecule has 2 aliphatic heterocycles. The number of nitrogens with zero attached hydrogens (tertiary/aromatic N) is 3. The Labute approximate surface area is 266 Å². The lowest BCUT2D eigenvalue weighted by molar-refractivity contribution is -0.141. The van der Waals surface area contributed by atoms with Gasteiger partial charge in [-0.25, -0.2) is 14.8 Å². The van der Waals surface area contributed by atoms with E-state index in [1.165, 1.54) is 13.3 Å². The second-order valence-corrected chi connectivity index (χ2v) is 14.7. The lowest BCUT2D eigenvalue weighted by atomic mass is 9.85. The zero-order valence-electron chi connectivity index (χ0n) is 27.5. The summed E-state index contributed by atoms with van der Waals surface area (Å²) < 4.78 is 18.2. The van der Waals surface area contributed by atoms with Crippen molar-refractivity contribution in [3.8, 4) is 11.6 Å². The minimum absolute atomic E-state index is 0.106. The first-order chi connectivity index (χ1) is 21.5. The fourth-order valence-corrected chi connectivity index (χ4v) is 8.12. The molecule has 1 saturated heterocycles. The number of aryl methyl sites for hydroxylation is 1. The van der Waals surface area contributed by atoms with Crippen LogP contribution in [0.3, 0.4) is 0 Å². The zero-order valence-corrected chi connectivity index (χ0v) is 27.5. The summed E-state index contributed by atoms with van der Waals surface area (Å²) in [5, 5.41) is 2.94. The number of rotatable bonds is 3. The molecule has 2 aromatic rings. The van der Waals surface area contributed by atoms with Gasteiger partial charge in [-0.15, -0.1) is 0 Å². The number of carbonyl (C=O) groups excluding carboxylic acids is 3.